The number of aromatic nitrogens is 2. The van der Waals surface area contributed by atoms with Gasteiger partial charge in [-0.25, -0.2) is 9.48 Å². The van der Waals surface area contributed by atoms with Crippen molar-refractivity contribution in [2.24, 2.45) is 0 Å². The van der Waals surface area contributed by atoms with E-state index in [4.69, 9.17) is 4.74 Å². The van der Waals surface area contributed by atoms with Crippen molar-refractivity contribution in [1.29, 1.82) is 0 Å². The van der Waals surface area contributed by atoms with E-state index in [9.17, 15) is 13.8 Å². The predicted molar refractivity (Wildman–Crippen MR) is 118 cm³/mol. The van der Waals surface area contributed by atoms with Crippen LogP contribution in [0, 0.1) is 0 Å². The van der Waals surface area contributed by atoms with Gasteiger partial charge in [0.2, 0.25) is 0 Å². The van der Waals surface area contributed by atoms with Crippen molar-refractivity contribution in [3.63, 3.8) is 0 Å². The third kappa shape index (κ3) is 4.91. The fourth-order valence-corrected chi connectivity index (χ4v) is 4.15. The summed E-state index contributed by atoms with van der Waals surface area (Å²) in [5.74, 6) is 0.193. The lowest BCUT2D eigenvalue weighted by Crippen LogP contribution is -2.23. The van der Waals surface area contributed by atoms with Crippen LogP contribution in [0.4, 0.5) is 5.82 Å². The lowest BCUT2D eigenvalue weighted by molar-refractivity contribution is -0.119. The number of carbonyl (C=O) groups excluding carboxylic acids is 2. The summed E-state index contributed by atoms with van der Waals surface area (Å²) in [4.78, 5) is 25.4. The molecule has 2 aromatic carbocycles. The Morgan fingerprint density at radius 3 is 2.55 bits per heavy atom. The summed E-state index contributed by atoms with van der Waals surface area (Å²) in [7, 11) is -1.30. The van der Waals surface area contributed by atoms with Gasteiger partial charge in [0.05, 0.1) is 32.6 Å². The van der Waals surface area contributed by atoms with Crippen molar-refractivity contribution >= 4 is 28.5 Å². The van der Waals surface area contributed by atoms with Crippen LogP contribution in [0.2, 0.25) is 0 Å². The number of hydrogen-bond donors (Lipinski definition) is 1. The van der Waals surface area contributed by atoms with Crippen LogP contribution in [0.3, 0.4) is 0 Å². The van der Waals surface area contributed by atoms with Crippen molar-refractivity contribution < 1.29 is 18.5 Å². The molecular weight excluding hydrogens is 414 g/mol. The first-order valence-corrected chi connectivity index (χ1v) is 11.5. The second-order valence-corrected chi connectivity index (χ2v) is 8.94. The molecule has 0 radical (unpaired) electrons. The van der Waals surface area contributed by atoms with Gasteiger partial charge >= 0.3 is 5.97 Å². The quantitative estimate of drug-likeness (QED) is 0.543. The minimum absolute atomic E-state index is 0.209. The van der Waals surface area contributed by atoms with Gasteiger partial charge in [-0.3, -0.25) is 9.00 Å². The van der Waals surface area contributed by atoms with E-state index in [0.29, 0.717) is 22.4 Å². The minimum Gasteiger partial charge on any atom is -0.452 e. The fraction of sp³-hybridized carbons (Fsp3) is 0.261. The number of benzene rings is 2. The molecule has 4 rings (SSSR count). The molecule has 1 heterocycles. The van der Waals surface area contributed by atoms with Gasteiger partial charge in [-0.1, -0.05) is 37.3 Å². The third-order valence-electron chi connectivity index (χ3n) is 4.94. The van der Waals surface area contributed by atoms with Crippen molar-refractivity contribution in [2.45, 2.75) is 30.6 Å². The monoisotopic (exact) mass is 437 g/mol. The number of amides is 1. The second kappa shape index (κ2) is 9.26. The first-order chi connectivity index (χ1) is 15.1. The van der Waals surface area contributed by atoms with Crippen LogP contribution >= 0.6 is 0 Å². The number of rotatable bonds is 8. The van der Waals surface area contributed by atoms with Crippen LogP contribution < -0.4 is 5.32 Å². The van der Waals surface area contributed by atoms with E-state index < -0.39 is 29.3 Å². The Kier molecular flexibility index (Phi) is 6.27. The summed E-state index contributed by atoms with van der Waals surface area (Å²) in [6.07, 6.45) is 2.19. The zero-order valence-electron chi connectivity index (χ0n) is 17.1. The lowest BCUT2D eigenvalue weighted by atomic mass is 10.2. The Balaban J connectivity index is 1.45. The molecule has 1 aliphatic rings. The van der Waals surface area contributed by atoms with Gasteiger partial charge in [0, 0.05) is 17.7 Å². The number of nitrogens with one attached hydrogen (secondary N) is 1. The number of nitrogens with zero attached hydrogens (tertiary/aromatic N) is 2. The van der Waals surface area contributed by atoms with E-state index >= 15 is 0 Å². The average Bonchev–Trinajstić information content (AvgIpc) is 3.58. The maximum Gasteiger partial charge on any atom is 0.339 e. The fourth-order valence-electron chi connectivity index (χ4n) is 3.21. The molecule has 3 aromatic rings. The highest BCUT2D eigenvalue weighted by molar-refractivity contribution is 7.85. The number of carbonyl (C=O) groups is 2. The zero-order valence-corrected chi connectivity index (χ0v) is 17.9. The third-order valence-corrected chi connectivity index (χ3v) is 6.31. The Bertz CT molecular complexity index is 1120. The first kappa shape index (κ1) is 21.0. The van der Waals surface area contributed by atoms with Crippen LogP contribution in [0.1, 0.15) is 41.7 Å². The van der Waals surface area contributed by atoms with Gasteiger partial charge in [-0.2, -0.15) is 5.10 Å². The predicted octanol–water partition coefficient (Wildman–Crippen LogP) is 3.67. The molecule has 1 saturated carbocycles. The molecule has 1 amide bonds. The van der Waals surface area contributed by atoms with Gasteiger partial charge in [0.1, 0.15) is 5.82 Å². The molecule has 0 saturated heterocycles. The van der Waals surface area contributed by atoms with E-state index in [1.165, 1.54) is 0 Å². The molecule has 160 valence electrons. The number of hydrogen-bond acceptors (Lipinski definition) is 5. The summed E-state index contributed by atoms with van der Waals surface area (Å²) >= 11 is 0. The van der Waals surface area contributed by atoms with Crippen molar-refractivity contribution in [1.82, 2.24) is 9.78 Å². The molecule has 31 heavy (non-hydrogen) atoms. The van der Waals surface area contributed by atoms with Gasteiger partial charge in [-0.15, -0.1) is 0 Å². The maximum atomic E-state index is 12.5. The number of anilines is 1. The smallest absolute Gasteiger partial charge is 0.339 e. The molecule has 1 unspecified atom stereocenters. The molecule has 8 heteroatoms. The van der Waals surface area contributed by atoms with Crippen LogP contribution in [-0.4, -0.2) is 38.2 Å². The molecule has 1 atom stereocenters. The Labute approximate surface area is 182 Å². The highest BCUT2D eigenvalue weighted by Crippen LogP contribution is 2.40. The van der Waals surface area contributed by atoms with E-state index in [1.807, 2.05) is 36.4 Å². The molecule has 0 spiro atoms. The van der Waals surface area contributed by atoms with Crippen LogP contribution in [0.5, 0.6) is 0 Å². The summed E-state index contributed by atoms with van der Waals surface area (Å²) < 4.78 is 19.0. The average molecular weight is 438 g/mol. The zero-order chi connectivity index (χ0) is 21.8. The van der Waals surface area contributed by atoms with E-state index in [-0.39, 0.29) is 5.56 Å². The Hall–Kier alpha value is -3.26. The highest BCUT2D eigenvalue weighted by atomic mass is 32.2. The normalized spacial score (nSPS) is 14.1. The SMILES string of the molecule is CCS(=O)c1ccccc1C(=O)OCC(=O)Nc1cc(C2CC2)nn1-c1ccccc1. The van der Waals surface area contributed by atoms with Gasteiger partial charge in [-0.05, 0) is 37.1 Å². The van der Waals surface area contributed by atoms with Gasteiger partial charge in [0.25, 0.3) is 5.91 Å². The number of esters is 1. The van der Waals surface area contributed by atoms with Crippen LogP contribution in [-0.2, 0) is 20.3 Å². The molecule has 0 aliphatic heterocycles. The lowest BCUT2D eigenvalue weighted by Gasteiger charge is -2.10. The van der Waals surface area contributed by atoms with Gasteiger partial charge < -0.3 is 10.1 Å². The van der Waals surface area contributed by atoms with E-state index in [1.54, 1.807) is 35.9 Å². The van der Waals surface area contributed by atoms with Crippen molar-refractivity contribution in [3.8, 4) is 5.69 Å². The number of ether oxygens (including phenoxy) is 1. The Morgan fingerprint density at radius 2 is 1.84 bits per heavy atom. The Morgan fingerprint density at radius 1 is 1.13 bits per heavy atom. The molecule has 1 aromatic heterocycles. The van der Waals surface area contributed by atoms with E-state index in [0.717, 1.165) is 24.2 Å². The molecule has 7 nitrogen and oxygen atoms in total. The summed E-state index contributed by atoms with van der Waals surface area (Å²) in [6, 6.07) is 18.0. The molecule has 0 bridgehead atoms. The molecule has 1 fully saturated rings. The molecular formula is C23H23N3O4S. The van der Waals surface area contributed by atoms with Crippen LogP contribution in [0.25, 0.3) is 5.69 Å². The first-order valence-electron chi connectivity index (χ1n) is 10.2. The minimum atomic E-state index is -1.30. The second-order valence-electron chi connectivity index (χ2n) is 7.23. The summed E-state index contributed by atoms with van der Waals surface area (Å²) in [6.45, 7) is 1.32. The maximum absolute atomic E-state index is 12.5. The summed E-state index contributed by atoms with van der Waals surface area (Å²) in [5.41, 5.74) is 1.98. The highest BCUT2D eigenvalue weighted by Gasteiger charge is 2.28. The van der Waals surface area contributed by atoms with Crippen LogP contribution in [0.15, 0.2) is 65.6 Å². The van der Waals surface area contributed by atoms with Gasteiger partial charge in [0.15, 0.2) is 6.61 Å². The van der Waals surface area contributed by atoms with Crippen molar-refractivity contribution in [3.05, 3.63) is 71.9 Å². The summed E-state index contributed by atoms with van der Waals surface area (Å²) in [5, 5.41) is 7.43. The molecule has 1 aliphatic carbocycles. The van der Waals surface area contributed by atoms with E-state index in [2.05, 4.69) is 10.4 Å². The number of para-hydroxylation sites is 1. The topological polar surface area (TPSA) is 90.3 Å². The standard InChI is InChI=1S/C23H23N3O4S/c1-2-31(29)20-11-7-6-10-18(20)23(28)30-15-22(27)24-21-14-19(16-12-13-16)25-26(21)17-8-4-3-5-9-17/h3-11,14,16H,2,12-13,15H2,1H3,(H,24,27). The largest absolute Gasteiger partial charge is 0.452 e. The molecule has 1 N–H and O–H groups in total. The van der Waals surface area contributed by atoms with Crippen molar-refractivity contribution in [2.75, 3.05) is 17.7 Å².